The Morgan fingerprint density at radius 2 is 2.04 bits per heavy atom. The lowest BCUT2D eigenvalue weighted by atomic mass is 10.1. The summed E-state index contributed by atoms with van der Waals surface area (Å²) in [5.74, 6) is 0.695. The lowest BCUT2D eigenvalue weighted by Crippen LogP contribution is -2.49. The van der Waals surface area contributed by atoms with Crippen LogP contribution in [0.15, 0.2) is 29.3 Å². The molecule has 1 aliphatic heterocycles. The summed E-state index contributed by atoms with van der Waals surface area (Å²) in [6, 6.07) is 7.87. The molecule has 2 rings (SSSR count). The Hall–Kier alpha value is -2.77. The molecule has 1 heterocycles. The number of ether oxygens (including phenoxy) is 1. The number of benzene rings is 1. The largest absolute Gasteiger partial charge is 0.453 e. The fraction of sp³-hybridized carbons (Fsp3) is 0.550. The number of hydrogen-bond donors (Lipinski definition) is 3. The molecule has 0 atom stereocenters. The van der Waals surface area contributed by atoms with Crippen LogP contribution in [0.3, 0.4) is 0 Å². The van der Waals surface area contributed by atoms with Crippen LogP contribution in [0.2, 0.25) is 0 Å². The van der Waals surface area contributed by atoms with Crippen LogP contribution in [0.25, 0.3) is 0 Å². The summed E-state index contributed by atoms with van der Waals surface area (Å²) in [6.45, 7) is 4.78. The van der Waals surface area contributed by atoms with Crippen molar-refractivity contribution in [3.05, 3.63) is 35.4 Å². The first-order valence-electron chi connectivity index (χ1n) is 9.76. The van der Waals surface area contributed by atoms with Crippen LogP contribution in [0.4, 0.5) is 4.79 Å². The zero-order chi connectivity index (χ0) is 20.4. The number of carbonyl (C=O) groups excluding carboxylic acids is 2. The molecule has 0 bridgehead atoms. The maximum atomic E-state index is 11.7. The van der Waals surface area contributed by atoms with Crippen molar-refractivity contribution in [2.24, 2.45) is 4.99 Å². The summed E-state index contributed by atoms with van der Waals surface area (Å²) in [5.41, 5.74) is 1.73. The minimum absolute atomic E-state index is 0.0846. The van der Waals surface area contributed by atoms with Gasteiger partial charge in [0.05, 0.1) is 7.11 Å². The summed E-state index contributed by atoms with van der Waals surface area (Å²) in [7, 11) is 3.04. The fourth-order valence-electron chi connectivity index (χ4n) is 3.16. The zero-order valence-electron chi connectivity index (χ0n) is 17.0. The van der Waals surface area contributed by atoms with Gasteiger partial charge in [-0.2, -0.15) is 0 Å². The van der Waals surface area contributed by atoms with Crippen molar-refractivity contribution in [3.8, 4) is 0 Å². The molecule has 3 N–H and O–H groups in total. The second-order valence-corrected chi connectivity index (χ2v) is 6.67. The van der Waals surface area contributed by atoms with Crippen molar-refractivity contribution in [2.45, 2.75) is 32.2 Å². The fourth-order valence-corrected chi connectivity index (χ4v) is 3.16. The van der Waals surface area contributed by atoms with Crippen molar-refractivity contribution in [1.29, 1.82) is 0 Å². The minimum Gasteiger partial charge on any atom is -0.453 e. The lowest BCUT2D eigenvalue weighted by Gasteiger charge is -2.32. The van der Waals surface area contributed by atoms with Gasteiger partial charge in [0.15, 0.2) is 5.96 Å². The molecule has 2 amide bonds. The zero-order valence-corrected chi connectivity index (χ0v) is 17.0. The van der Waals surface area contributed by atoms with E-state index in [2.05, 4.69) is 20.9 Å². The molecule has 0 saturated carbocycles. The molecule has 0 radical (unpaired) electrons. The van der Waals surface area contributed by atoms with Gasteiger partial charge < -0.3 is 25.6 Å². The van der Waals surface area contributed by atoms with Crippen LogP contribution < -0.4 is 16.0 Å². The first kappa shape index (κ1) is 21.5. The summed E-state index contributed by atoms with van der Waals surface area (Å²) in [5, 5.41) is 9.36. The average molecular weight is 390 g/mol. The number of rotatable bonds is 6. The third-order valence-corrected chi connectivity index (χ3v) is 4.70. The average Bonchev–Trinajstić information content (AvgIpc) is 2.73. The van der Waals surface area contributed by atoms with Crippen LogP contribution in [-0.2, 0) is 11.2 Å². The van der Waals surface area contributed by atoms with Gasteiger partial charge in [0, 0.05) is 44.8 Å². The number of guanidine groups is 1. The van der Waals surface area contributed by atoms with Gasteiger partial charge in [-0.05, 0) is 43.9 Å². The van der Waals surface area contributed by atoms with E-state index in [4.69, 9.17) is 4.74 Å². The smallest absolute Gasteiger partial charge is 0.409 e. The van der Waals surface area contributed by atoms with E-state index in [1.165, 1.54) is 7.11 Å². The van der Waals surface area contributed by atoms with Crippen LogP contribution in [-0.4, -0.2) is 69.2 Å². The normalized spacial score (nSPS) is 15.1. The first-order valence-corrected chi connectivity index (χ1v) is 9.76. The van der Waals surface area contributed by atoms with Crippen LogP contribution in [0.5, 0.6) is 0 Å². The van der Waals surface area contributed by atoms with Crippen molar-refractivity contribution in [3.63, 3.8) is 0 Å². The van der Waals surface area contributed by atoms with E-state index >= 15 is 0 Å². The molecule has 1 aromatic carbocycles. The van der Waals surface area contributed by atoms with E-state index in [1.54, 1.807) is 18.0 Å². The number of methoxy groups -OCH3 is 1. The Bertz CT molecular complexity index is 684. The van der Waals surface area contributed by atoms with Crippen molar-refractivity contribution < 1.29 is 14.3 Å². The Morgan fingerprint density at radius 1 is 1.29 bits per heavy atom. The first-order chi connectivity index (χ1) is 13.6. The Balaban J connectivity index is 1.87. The molecule has 1 saturated heterocycles. The van der Waals surface area contributed by atoms with E-state index < -0.39 is 0 Å². The van der Waals surface area contributed by atoms with Gasteiger partial charge in [0.2, 0.25) is 0 Å². The number of hydrogen-bond acceptors (Lipinski definition) is 4. The monoisotopic (exact) mass is 389 g/mol. The molecule has 28 heavy (non-hydrogen) atoms. The van der Waals surface area contributed by atoms with Gasteiger partial charge >= 0.3 is 6.09 Å². The van der Waals surface area contributed by atoms with E-state index in [9.17, 15) is 9.59 Å². The maximum absolute atomic E-state index is 11.7. The van der Waals surface area contributed by atoms with Crippen molar-refractivity contribution >= 4 is 18.0 Å². The Kier molecular flexibility index (Phi) is 8.58. The van der Waals surface area contributed by atoms with E-state index in [1.807, 2.05) is 25.1 Å². The SMILES string of the molecule is CCNC(=NCCc1cccc(C(=O)NC)c1)NC1CCN(C(=O)OC)CC1. The van der Waals surface area contributed by atoms with Gasteiger partial charge in [-0.15, -0.1) is 0 Å². The summed E-state index contributed by atoms with van der Waals surface area (Å²) < 4.78 is 4.78. The highest BCUT2D eigenvalue weighted by Gasteiger charge is 2.23. The highest BCUT2D eigenvalue weighted by Crippen LogP contribution is 2.11. The highest BCUT2D eigenvalue weighted by molar-refractivity contribution is 5.94. The van der Waals surface area contributed by atoms with Crippen molar-refractivity contribution in [1.82, 2.24) is 20.9 Å². The molecular weight excluding hydrogens is 358 g/mol. The summed E-state index contributed by atoms with van der Waals surface area (Å²) in [4.78, 5) is 29.7. The predicted octanol–water partition coefficient (Wildman–Crippen LogP) is 1.37. The molecule has 0 spiro atoms. The number of nitrogens with one attached hydrogen (secondary N) is 3. The number of carbonyl (C=O) groups is 2. The molecule has 1 aromatic rings. The number of likely N-dealkylation sites (tertiary alicyclic amines) is 1. The highest BCUT2D eigenvalue weighted by atomic mass is 16.5. The van der Waals surface area contributed by atoms with E-state index in [0.29, 0.717) is 25.2 Å². The standard InChI is InChI=1S/C20H31N5O3/c1-4-22-19(24-17-9-12-25(13-10-17)20(27)28-3)23-11-8-15-6-5-7-16(14-15)18(26)21-2/h5-7,14,17H,4,8-13H2,1-3H3,(H,21,26)(H2,22,23,24). The molecule has 8 heteroatoms. The Labute approximate surface area is 166 Å². The molecule has 0 aliphatic carbocycles. The van der Waals surface area contributed by atoms with Crippen LogP contribution in [0.1, 0.15) is 35.7 Å². The van der Waals surface area contributed by atoms with Gasteiger partial charge in [-0.1, -0.05) is 12.1 Å². The molecular formula is C20H31N5O3. The third kappa shape index (κ3) is 6.44. The van der Waals surface area contributed by atoms with Crippen LogP contribution in [0, 0.1) is 0 Å². The van der Waals surface area contributed by atoms with Gasteiger partial charge in [0.25, 0.3) is 5.91 Å². The minimum atomic E-state index is -0.266. The van der Waals surface area contributed by atoms with Gasteiger partial charge in [-0.3, -0.25) is 9.79 Å². The molecule has 154 valence electrons. The number of piperidine rings is 1. The second kappa shape index (κ2) is 11.2. The lowest BCUT2D eigenvalue weighted by molar-refractivity contribution is 0.0962. The van der Waals surface area contributed by atoms with Crippen molar-refractivity contribution in [2.75, 3.05) is 40.3 Å². The third-order valence-electron chi connectivity index (χ3n) is 4.70. The maximum Gasteiger partial charge on any atom is 0.409 e. The number of nitrogens with zero attached hydrogens (tertiary/aromatic N) is 2. The topological polar surface area (TPSA) is 95.1 Å². The Morgan fingerprint density at radius 3 is 2.68 bits per heavy atom. The van der Waals surface area contributed by atoms with Gasteiger partial charge in [0.1, 0.15) is 0 Å². The predicted molar refractivity (Wildman–Crippen MR) is 110 cm³/mol. The quantitative estimate of drug-likeness (QED) is 0.505. The molecule has 0 unspecified atom stereocenters. The summed E-state index contributed by atoms with van der Waals surface area (Å²) in [6.07, 6.45) is 2.20. The number of amides is 2. The second-order valence-electron chi connectivity index (χ2n) is 6.67. The molecule has 8 nitrogen and oxygen atoms in total. The molecule has 0 aromatic heterocycles. The van der Waals surface area contributed by atoms with Gasteiger partial charge in [-0.25, -0.2) is 4.79 Å². The van der Waals surface area contributed by atoms with E-state index in [0.717, 1.165) is 37.3 Å². The van der Waals surface area contributed by atoms with E-state index in [-0.39, 0.29) is 18.0 Å². The van der Waals surface area contributed by atoms with Crippen LogP contribution >= 0.6 is 0 Å². The number of aliphatic imine (C=N–C) groups is 1. The molecule has 1 fully saturated rings. The molecule has 1 aliphatic rings. The summed E-state index contributed by atoms with van der Waals surface area (Å²) >= 11 is 0.